The van der Waals surface area contributed by atoms with Crippen molar-refractivity contribution in [2.24, 2.45) is 5.41 Å². The molecule has 1 aliphatic rings. The van der Waals surface area contributed by atoms with E-state index >= 15 is 4.39 Å². The fraction of sp³-hybridized carbons (Fsp3) is 0.211. The van der Waals surface area contributed by atoms with Gasteiger partial charge in [0.1, 0.15) is 11.6 Å². The van der Waals surface area contributed by atoms with Crippen molar-refractivity contribution in [1.29, 1.82) is 0 Å². The molecule has 0 amide bonds. The SMILES string of the molecule is C=CC(=C)c1cc2c(CCc3ccc(CC(=O)C4(C(=O)Cc5ccc(F)cc5)CC4)cc3F)cccc2cc1C=CC.[HH].[HH].[HH]. The summed E-state index contributed by atoms with van der Waals surface area (Å²) < 4.78 is 28.4. The number of halogens is 2. The Hall–Kier alpha value is -4.44. The van der Waals surface area contributed by atoms with E-state index in [2.05, 4.69) is 43.5 Å². The first-order chi connectivity index (χ1) is 20.2. The van der Waals surface area contributed by atoms with Crippen molar-refractivity contribution in [3.8, 4) is 0 Å². The molecule has 0 radical (unpaired) electrons. The Bertz CT molecular complexity index is 1740. The molecule has 0 bridgehead atoms. The average molecular weight is 567 g/mol. The van der Waals surface area contributed by atoms with Crippen LogP contribution in [0.1, 0.15) is 57.4 Å². The van der Waals surface area contributed by atoms with Gasteiger partial charge in [0, 0.05) is 17.1 Å². The van der Waals surface area contributed by atoms with Gasteiger partial charge < -0.3 is 0 Å². The van der Waals surface area contributed by atoms with E-state index in [9.17, 15) is 14.0 Å². The lowest BCUT2D eigenvalue weighted by atomic mass is 9.87. The maximum Gasteiger partial charge on any atom is 0.150 e. The molecule has 5 rings (SSSR count). The number of ketones is 2. The minimum atomic E-state index is -1.000. The molecule has 0 spiro atoms. The molecule has 218 valence electrons. The highest BCUT2D eigenvalue weighted by Gasteiger charge is 2.54. The molecule has 0 aromatic heterocycles. The molecule has 0 aliphatic heterocycles. The number of carbonyl (C=O) groups excluding carboxylic acids is 2. The third kappa shape index (κ3) is 6.08. The van der Waals surface area contributed by atoms with Gasteiger partial charge in [-0.3, -0.25) is 9.59 Å². The van der Waals surface area contributed by atoms with Crippen molar-refractivity contribution >= 4 is 34.0 Å². The van der Waals surface area contributed by atoms with E-state index in [-0.39, 0.29) is 40.3 Å². The summed E-state index contributed by atoms with van der Waals surface area (Å²) in [6.45, 7) is 10.0. The van der Waals surface area contributed by atoms with Gasteiger partial charge in [-0.1, -0.05) is 73.9 Å². The summed E-state index contributed by atoms with van der Waals surface area (Å²) >= 11 is 0. The summed E-state index contributed by atoms with van der Waals surface area (Å²) in [6, 6.07) is 21.2. The van der Waals surface area contributed by atoms with Crippen molar-refractivity contribution < 1.29 is 22.6 Å². The molecule has 0 heterocycles. The molecule has 42 heavy (non-hydrogen) atoms. The maximum atomic E-state index is 15.2. The summed E-state index contributed by atoms with van der Waals surface area (Å²) in [5.74, 6) is -1.04. The molecule has 1 saturated carbocycles. The largest absolute Gasteiger partial charge is 0.298 e. The zero-order chi connectivity index (χ0) is 29.9. The molecule has 2 nitrogen and oxygen atoms in total. The Balaban J connectivity index is 0.00000235. The highest BCUT2D eigenvalue weighted by molar-refractivity contribution is 6.11. The molecule has 1 fully saturated rings. The molecule has 0 atom stereocenters. The van der Waals surface area contributed by atoms with Crippen LogP contribution in [-0.2, 0) is 35.3 Å². The molecule has 0 saturated heterocycles. The van der Waals surface area contributed by atoms with E-state index < -0.39 is 5.41 Å². The van der Waals surface area contributed by atoms with Gasteiger partial charge in [-0.2, -0.15) is 0 Å². The van der Waals surface area contributed by atoms with E-state index in [0.717, 1.165) is 33.0 Å². The van der Waals surface area contributed by atoms with Gasteiger partial charge in [0.2, 0.25) is 0 Å². The summed E-state index contributed by atoms with van der Waals surface area (Å²) in [7, 11) is 0. The molecule has 4 aromatic carbocycles. The Kier molecular flexibility index (Phi) is 8.44. The van der Waals surface area contributed by atoms with Crippen LogP contribution in [0.4, 0.5) is 8.78 Å². The highest BCUT2D eigenvalue weighted by Crippen LogP contribution is 2.48. The fourth-order valence-electron chi connectivity index (χ4n) is 5.65. The first-order valence-electron chi connectivity index (χ1n) is 14.3. The van der Waals surface area contributed by atoms with Gasteiger partial charge in [-0.25, -0.2) is 8.78 Å². The van der Waals surface area contributed by atoms with Gasteiger partial charge >= 0.3 is 0 Å². The van der Waals surface area contributed by atoms with Crippen LogP contribution in [0.3, 0.4) is 0 Å². The Morgan fingerprint density at radius 1 is 0.881 bits per heavy atom. The van der Waals surface area contributed by atoms with E-state index in [1.54, 1.807) is 30.3 Å². The number of aryl methyl sites for hydroxylation is 2. The number of fused-ring (bicyclic) bond motifs is 1. The Morgan fingerprint density at radius 3 is 2.19 bits per heavy atom. The molecule has 0 N–H and O–H groups in total. The lowest BCUT2D eigenvalue weighted by Crippen LogP contribution is -2.29. The molecule has 0 unspecified atom stereocenters. The first kappa shape index (κ1) is 29.1. The third-order valence-corrected chi connectivity index (χ3v) is 8.32. The van der Waals surface area contributed by atoms with Crippen LogP contribution in [0.15, 0.2) is 98.1 Å². The van der Waals surface area contributed by atoms with Gasteiger partial charge in [-0.15, -0.1) is 0 Å². The zero-order valence-electron chi connectivity index (χ0n) is 23.9. The molecule has 1 aliphatic carbocycles. The van der Waals surface area contributed by atoms with E-state index in [0.29, 0.717) is 42.4 Å². The number of allylic oxidation sites excluding steroid dienone is 3. The fourth-order valence-corrected chi connectivity index (χ4v) is 5.65. The molecule has 4 aromatic rings. The van der Waals surface area contributed by atoms with Crippen LogP contribution < -0.4 is 0 Å². The summed E-state index contributed by atoms with van der Waals surface area (Å²) in [5, 5.41) is 2.21. The molecular formula is C38H40F2O2. The Morgan fingerprint density at radius 2 is 1.55 bits per heavy atom. The normalized spacial score (nSPS) is 13.8. The quantitative estimate of drug-likeness (QED) is 0.126. The van der Waals surface area contributed by atoms with E-state index in [1.807, 2.05) is 19.1 Å². The second-order valence-corrected chi connectivity index (χ2v) is 11.1. The number of hydrogen-bond donors (Lipinski definition) is 0. The van der Waals surface area contributed by atoms with Crippen molar-refractivity contribution in [2.45, 2.75) is 45.4 Å². The summed E-state index contributed by atoms with van der Waals surface area (Å²) in [6.07, 6.45) is 8.10. The van der Waals surface area contributed by atoms with E-state index in [1.165, 1.54) is 18.2 Å². The number of Topliss-reactive ketones (excluding diaryl/α,β-unsaturated/α-hetero) is 2. The monoisotopic (exact) mass is 566 g/mol. The van der Waals surface area contributed by atoms with E-state index in [4.69, 9.17) is 0 Å². The lowest BCUT2D eigenvalue weighted by Gasteiger charge is -2.14. The number of carbonyl (C=O) groups is 2. The second kappa shape index (κ2) is 12.2. The number of benzene rings is 4. The number of rotatable bonds is 12. The van der Waals surface area contributed by atoms with Gasteiger partial charge in [-0.05, 0) is 113 Å². The smallest absolute Gasteiger partial charge is 0.150 e. The van der Waals surface area contributed by atoms with Crippen molar-refractivity contribution in [3.05, 3.63) is 143 Å². The van der Waals surface area contributed by atoms with Crippen LogP contribution in [0, 0.1) is 17.0 Å². The standard InChI is InChI=1S/C38H34F2O2.3H2/c1-4-7-30-23-31-9-6-8-28(34(31)24-33(30)25(3)5-2)14-15-29-13-10-27(20-35(29)40)22-37(42)38(18-19-38)36(41)21-26-11-16-32(39)17-12-26;;;/h4-13,16-17,20,23-24H,2-3,14-15,18-19,21-22H2,1H3;3*1H. The second-order valence-electron chi connectivity index (χ2n) is 11.1. The summed E-state index contributed by atoms with van der Waals surface area (Å²) in [5.41, 5.74) is 4.89. The van der Waals surface area contributed by atoms with Crippen LogP contribution in [0.5, 0.6) is 0 Å². The molecule has 4 heteroatoms. The minimum absolute atomic E-state index is 0. The van der Waals surface area contributed by atoms with Crippen LogP contribution in [0.25, 0.3) is 22.4 Å². The molecular weight excluding hydrogens is 526 g/mol. The van der Waals surface area contributed by atoms with Crippen LogP contribution >= 0.6 is 0 Å². The van der Waals surface area contributed by atoms with Crippen molar-refractivity contribution in [3.63, 3.8) is 0 Å². The third-order valence-electron chi connectivity index (χ3n) is 8.32. The predicted octanol–water partition coefficient (Wildman–Crippen LogP) is 9.58. The van der Waals surface area contributed by atoms with Gasteiger partial charge in [0.15, 0.2) is 11.6 Å². The minimum Gasteiger partial charge on any atom is -0.298 e. The van der Waals surface area contributed by atoms with Gasteiger partial charge in [0.25, 0.3) is 0 Å². The highest BCUT2D eigenvalue weighted by atomic mass is 19.1. The average Bonchev–Trinajstić information content (AvgIpc) is 3.80. The Labute approximate surface area is 250 Å². The lowest BCUT2D eigenvalue weighted by molar-refractivity contribution is -0.133. The summed E-state index contributed by atoms with van der Waals surface area (Å²) in [4.78, 5) is 26.1. The zero-order valence-corrected chi connectivity index (χ0v) is 23.9. The van der Waals surface area contributed by atoms with Crippen LogP contribution in [0.2, 0.25) is 0 Å². The predicted molar refractivity (Wildman–Crippen MR) is 174 cm³/mol. The van der Waals surface area contributed by atoms with Crippen LogP contribution in [-0.4, -0.2) is 11.6 Å². The first-order valence-corrected chi connectivity index (χ1v) is 14.3. The maximum absolute atomic E-state index is 15.2. The topological polar surface area (TPSA) is 34.1 Å². The van der Waals surface area contributed by atoms with Crippen molar-refractivity contribution in [1.82, 2.24) is 0 Å². The number of hydrogen-bond acceptors (Lipinski definition) is 2. The van der Waals surface area contributed by atoms with Gasteiger partial charge in [0.05, 0.1) is 5.41 Å². The van der Waals surface area contributed by atoms with Crippen molar-refractivity contribution in [2.75, 3.05) is 0 Å².